The molecule has 1 aliphatic carbocycles. The largest absolute Gasteiger partial charge is 0.392 e. The van der Waals surface area contributed by atoms with Crippen molar-refractivity contribution in [3.63, 3.8) is 0 Å². The van der Waals surface area contributed by atoms with Gasteiger partial charge in [0.1, 0.15) is 17.0 Å². The molecule has 0 aliphatic heterocycles. The van der Waals surface area contributed by atoms with Gasteiger partial charge in [-0.2, -0.15) is 0 Å². The lowest BCUT2D eigenvalue weighted by molar-refractivity contribution is 0.178. The molecule has 3 aromatic rings. The van der Waals surface area contributed by atoms with Gasteiger partial charge in [-0.3, -0.25) is 0 Å². The zero-order valence-electron chi connectivity index (χ0n) is 16.9. The number of hydrogen-bond acceptors (Lipinski definition) is 7. The maximum Gasteiger partial charge on any atom is 0.150 e. The summed E-state index contributed by atoms with van der Waals surface area (Å²) in [6, 6.07) is 0. The number of hydrogen-bond donors (Lipinski definition) is 2. The zero-order valence-corrected chi connectivity index (χ0v) is 17.8. The highest BCUT2D eigenvalue weighted by Crippen LogP contribution is 2.43. The van der Waals surface area contributed by atoms with Crippen molar-refractivity contribution in [2.24, 2.45) is 0 Å². The molecular weight excluding hydrogens is 372 g/mol. The lowest BCUT2D eigenvalue weighted by atomic mass is 9.99. The van der Waals surface area contributed by atoms with E-state index < -0.39 is 12.2 Å². The molecular formula is C21H28N4O2S. The number of aliphatic hydroxyl groups is 2. The quantitative estimate of drug-likeness (QED) is 0.660. The smallest absolute Gasteiger partial charge is 0.150 e. The van der Waals surface area contributed by atoms with Gasteiger partial charge in [-0.15, -0.1) is 11.3 Å². The van der Waals surface area contributed by atoms with Gasteiger partial charge in [0, 0.05) is 24.2 Å². The third kappa shape index (κ3) is 3.36. The molecule has 2 N–H and O–H groups in total. The van der Waals surface area contributed by atoms with E-state index in [-0.39, 0.29) is 0 Å². The summed E-state index contributed by atoms with van der Waals surface area (Å²) in [6.45, 7) is 8.74. The second-order valence-electron chi connectivity index (χ2n) is 8.22. The number of aliphatic hydroxyl groups excluding tert-OH is 2. The highest BCUT2D eigenvalue weighted by molar-refractivity contribution is 7.26. The number of aryl methyl sites for hydroxylation is 1. The molecule has 7 heteroatoms. The Morgan fingerprint density at radius 2 is 1.71 bits per heavy atom. The van der Waals surface area contributed by atoms with Crippen LogP contribution in [0.25, 0.3) is 20.4 Å². The van der Waals surface area contributed by atoms with Gasteiger partial charge >= 0.3 is 0 Å². The van der Waals surface area contributed by atoms with Crippen LogP contribution in [0.3, 0.4) is 0 Å². The summed E-state index contributed by atoms with van der Waals surface area (Å²) in [5, 5.41) is 21.1. The van der Waals surface area contributed by atoms with Gasteiger partial charge in [0.05, 0.1) is 22.4 Å². The van der Waals surface area contributed by atoms with Crippen molar-refractivity contribution in [1.82, 2.24) is 15.0 Å². The number of pyridine rings is 1. The second kappa shape index (κ2) is 7.54. The number of nitrogens with zero attached hydrogens (tertiary/aromatic N) is 4. The normalized spacial score (nSPS) is 16.1. The summed E-state index contributed by atoms with van der Waals surface area (Å²) in [5.41, 5.74) is 4.98. The average Bonchev–Trinajstić information content (AvgIpc) is 3.22. The molecule has 4 rings (SSSR count). The van der Waals surface area contributed by atoms with Crippen molar-refractivity contribution in [2.45, 2.75) is 65.1 Å². The maximum absolute atomic E-state index is 9.96. The minimum absolute atomic E-state index is 0.397. The summed E-state index contributed by atoms with van der Waals surface area (Å²) in [6.07, 6.45) is 3.89. The molecule has 0 radical (unpaired) electrons. The highest BCUT2D eigenvalue weighted by atomic mass is 32.1. The molecule has 0 aromatic carbocycles. The van der Waals surface area contributed by atoms with Crippen LogP contribution in [0.1, 0.15) is 56.9 Å². The van der Waals surface area contributed by atoms with E-state index in [1.165, 1.54) is 28.6 Å². The molecule has 150 valence electrons. The van der Waals surface area contributed by atoms with E-state index in [9.17, 15) is 10.2 Å². The molecule has 3 heterocycles. The van der Waals surface area contributed by atoms with Crippen LogP contribution in [0.2, 0.25) is 0 Å². The lowest BCUT2D eigenvalue weighted by Crippen LogP contribution is -2.37. The molecule has 0 bridgehead atoms. The van der Waals surface area contributed by atoms with Crippen molar-refractivity contribution in [3.8, 4) is 0 Å². The molecule has 0 saturated carbocycles. The Balaban J connectivity index is 1.95. The Bertz CT molecular complexity index is 1000. The third-order valence-electron chi connectivity index (χ3n) is 5.30. The van der Waals surface area contributed by atoms with E-state index in [1.807, 2.05) is 4.90 Å². The highest BCUT2D eigenvalue weighted by Gasteiger charge is 2.26. The van der Waals surface area contributed by atoms with E-state index in [1.54, 1.807) is 31.5 Å². The van der Waals surface area contributed by atoms with Crippen molar-refractivity contribution >= 4 is 37.6 Å². The van der Waals surface area contributed by atoms with Crippen molar-refractivity contribution in [1.29, 1.82) is 0 Å². The van der Waals surface area contributed by atoms with E-state index in [0.29, 0.717) is 19.0 Å². The van der Waals surface area contributed by atoms with Gasteiger partial charge in [0.2, 0.25) is 0 Å². The Morgan fingerprint density at radius 3 is 2.36 bits per heavy atom. The van der Waals surface area contributed by atoms with Crippen LogP contribution in [0.15, 0.2) is 6.33 Å². The fraction of sp³-hybridized carbons (Fsp3) is 0.571. The first-order valence-corrected chi connectivity index (χ1v) is 10.9. The molecule has 28 heavy (non-hydrogen) atoms. The van der Waals surface area contributed by atoms with Crippen molar-refractivity contribution in [3.05, 3.63) is 23.1 Å². The lowest BCUT2D eigenvalue weighted by Gasteiger charge is -2.26. The molecule has 0 amide bonds. The van der Waals surface area contributed by atoms with Gasteiger partial charge in [-0.05, 0) is 50.2 Å². The number of rotatable bonds is 6. The minimum atomic E-state index is -0.520. The van der Waals surface area contributed by atoms with E-state index in [4.69, 9.17) is 4.98 Å². The fourth-order valence-corrected chi connectivity index (χ4v) is 5.49. The van der Waals surface area contributed by atoms with E-state index in [0.717, 1.165) is 33.7 Å². The number of aromatic nitrogens is 3. The Morgan fingerprint density at radius 1 is 1.04 bits per heavy atom. The number of anilines is 1. The van der Waals surface area contributed by atoms with Crippen LogP contribution in [0.5, 0.6) is 0 Å². The van der Waals surface area contributed by atoms with Crippen LogP contribution in [-0.2, 0) is 12.8 Å². The van der Waals surface area contributed by atoms with Crippen LogP contribution in [0, 0.1) is 0 Å². The summed E-state index contributed by atoms with van der Waals surface area (Å²) < 4.78 is 0.987. The molecule has 2 atom stereocenters. The zero-order chi connectivity index (χ0) is 20.0. The maximum atomic E-state index is 9.96. The molecule has 1 aliphatic rings. The SMILES string of the molecule is CC(O)CN(CC(C)O)c1ncnc2c1sc1nc(C(C)C)c3c(c12)CCC3. The van der Waals surface area contributed by atoms with Gasteiger partial charge in [-0.25, -0.2) is 15.0 Å². The summed E-state index contributed by atoms with van der Waals surface area (Å²) in [7, 11) is 0. The van der Waals surface area contributed by atoms with Crippen LogP contribution < -0.4 is 4.90 Å². The second-order valence-corrected chi connectivity index (χ2v) is 9.22. The molecule has 6 nitrogen and oxygen atoms in total. The van der Waals surface area contributed by atoms with Gasteiger partial charge in [-0.1, -0.05) is 13.8 Å². The Hall–Kier alpha value is -1.83. The summed E-state index contributed by atoms with van der Waals surface area (Å²) in [4.78, 5) is 17.2. The first-order valence-electron chi connectivity index (χ1n) is 10.1. The predicted molar refractivity (Wildman–Crippen MR) is 114 cm³/mol. The number of fused-ring (bicyclic) bond motifs is 5. The average molecular weight is 401 g/mol. The molecule has 0 fully saturated rings. The van der Waals surface area contributed by atoms with Gasteiger partial charge < -0.3 is 15.1 Å². The third-order valence-corrected chi connectivity index (χ3v) is 6.37. The first kappa shape index (κ1) is 19.5. The predicted octanol–water partition coefficient (Wildman–Crippen LogP) is 3.42. The van der Waals surface area contributed by atoms with E-state index in [2.05, 4.69) is 23.8 Å². The topological polar surface area (TPSA) is 82.4 Å². The van der Waals surface area contributed by atoms with Gasteiger partial charge in [0.15, 0.2) is 0 Å². The van der Waals surface area contributed by atoms with Crippen molar-refractivity contribution in [2.75, 3.05) is 18.0 Å². The summed E-state index contributed by atoms with van der Waals surface area (Å²) >= 11 is 1.63. The van der Waals surface area contributed by atoms with Crippen LogP contribution >= 0.6 is 11.3 Å². The van der Waals surface area contributed by atoms with Crippen molar-refractivity contribution < 1.29 is 10.2 Å². The first-order chi connectivity index (χ1) is 13.4. The molecule has 2 unspecified atom stereocenters. The van der Waals surface area contributed by atoms with Crippen LogP contribution in [-0.4, -0.2) is 50.5 Å². The number of thiophene rings is 1. The molecule has 0 saturated heterocycles. The summed E-state index contributed by atoms with van der Waals surface area (Å²) in [5.74, 6) is 1.17. The van der Waals surface area contributed by atoms with E-state index >= 15 is 0 Å². The Kier molecular flexibility index (Phi) is 5.24. The molecule has 3 aromatic heterocycles. The Labute approximate surface area is 169 Å². The molecule has 0 spiro atoms. The minimum Gasteiger partial charge on any atom is -0.392 e. The monoisotopic (exact) mass is 400 g/mol. The van der Waals surface area contributed by atoms with Gasteiger partial charge in [0.25, 0.3) is 0 Å². The van der Waals surface area contributed by atoms with Crippen LogP contribution in [0.4, 0.5) is 5.82 Å². The standard InChI is InChI=1S/C21H28N4O2S/c1-11(2)17-15-7-5-6-14(15)16-18-19(28-21(16)24-17)20(23-10-22-18)25(8-12(3)26)9-13(4)27/h10-13,26-27H,5-9H2,1-4H3. The fourth-order valence-electron chi connectivity index (χ4n) is 4.30.